The van der Waals surface area contributed by atoms with Gasteiger partial charge in [-0.2, -0.15) is 0 Å². The van der Waals surface area contributed by atoms with E-state index < -0.39 is 0 Å². The zero-order valence-corrected chi connectivity index (χ0v) is 37.9. The fraction of sp³-hybridized carbons (Fsp3) is 0.0462. The lowest BCUT2D eigenvalue weighted by Crippen LogP contribution is -2.14. The van der Waals surface area contributed by atoms with Crippen LogP contribution in [-0.2, 0) is 5.41 Å². The molecule has 15 rings (SSSR count). The van der Waals surface area contributed by atoms with E-state index in [4.69, 9.17) is 0 Å². The Kier molecular flexibility index (Phi) is 7.51. The van der Waals surface area contributed by atoms with Crippen molar-refractivity contribution in [2.75, 3.05) is 0 Å². The summed E-state index contributed by atoms with van der Waals surface area (Å²) in [5, 5.41) is 18.0. The molecular weight excluding hydrogens is 827 g/mol. The van der Waals surface area contributed by atoms with Crippen LogP contribution in [0.2, 0.25) is 0 Å². The lowest BCUT2D eigenvalue weighted by atomic mass is 9.82. The summed E-state index contributed by atoms with van der Waals surface area (Å²) in [7, 11) is 0. The molecule has 2 aromatic heterocycles. The van der Waals surface area contributed by atoms with Crippen molar-refractivity contribution in [1.82, 2.24) is 4.57 Å². The van der Waals surface area contributed by atoms with Crippen LogP contribution in [0.5, 0.6) is 0 Å². The molecule has 2 heterocycles. The van der Waals surface area contributed by atoms with Crippen molar-refractivity contribution in [1.29, 1.82) is 0 Å². The highest BCUT2D eigenvalue weighted by Crippen LogP contribution is 2.53. The zero-order chi connectivity index (χ0) is 44.1. The molecule has 0 atom stereocenters. The number of hydrogen-bond donors (Lipinski definition) is 0. The van der Waals surface area contributed by atoms with Crippen LogP contribution in [0.15, 0.2) is 212 Å². The van der Waals surface area contributed by atoms with Crippen LogP contribution in [0.1, 0.15) is 25.0 Å². The molecule has 67 heavy (non-hydrogen) atoms. The quantitative estimate of drug-likeness (QED) is 0.156. The number of rotatable bonds is 3. The van der Waals surface area contributed by atoms with E-state index in [0.29, 0.717) is 0 Å². The predicted molar refractivity (Wildman–Crippen MR) is 290 cm³/mol. The van der Waals surface area contributed by atoms with E-state index in [1.165, 1.54) is 146 Å². The third-order valence-corrected chi connectivity index (χ3v) is 16.5. The monoisotopic (exact) mass is 867 g/mol. The fourth-order valence-electron chi connectivity index (χ4n) is 12.2. The number of thiophene rings is 1. The summed E-state index contributed by atoms with van der Waals surface area (Å²) in [6.07, 6.45) is 0. The Morgan fingerprint density at radius 3 is 1.64 bits per heavy atom. The molecule has 1 aliphatic carbocycles. The minimum Gasteiger partial charge on any atom is -0.309 e. The van der Waals surface area contributed by atoms with Crippen molar-refractivity contribution in [2.45, 2.75) is 19.3 Å². The topological polar surface area (TPSA) is 4.93 Å². The van der Waals surface area contributed by atoms with Crippen molar-refractivity contribution < 1.29 is 0 Å². The molecule has 0 aliphatic heterocycles. The average Bonchev–Trinajstić information content (AvgIpc) is 4.00. The van der Waals surface area contributed by atoms with Crippen molar-refractivity contribution in [3.63, 3.8) is 0 Å². The first-order valence-electron chi connectivity index (χ1n) is 23.4. The third-order valence-electron chi connectivity index (χ3n) is 15.3. The molecule has 14 aromatic rings. The van der Waals surface area contributed by atoms with E-state index in [9.17, 15) is 0 Å². The molecule has 0 saturated carbocycles. The highest BCUT2D eigenvalue weighted by atomic mass is 32.1. The van der Waals surface area contributed by atoms with E-state index >= 15 is 0 Å². The van der Waals surface area contributed by atoms with Crippen molar-refractivity contribution >= 4 is 107 Å². The van der Waals surface area contributed by atoms with Crippen LogP contribution in [0.3, 0.4) is 0 Å². The Balaban J connectivity index is 0.908. The summed E-state index contributed by atoms with van der Waals surface area (Å²) in [5.41, 5.74) is 14.1. The van der Waals surface area contributed by atoms with Crippen LogP contribution in [0.4, 0.5) is 0 Å². The Morgan fingerprint density at radius 1 is 0.343 bits per heavy atom. The van der Waals surface area contributed by atoms with Gasteiger partial charge in [-0.15, -0.1) is 11.3 Å². The van der Waals surface area contributed by atoms with Gasteiger partial charge in [0.05, 0.1) is 16.7 Å². The number of fused-ring (bicyclic) bond motifs is 19. The summed E-state index contributed by atoms with van der Waals surface area (Å²) in [4.78, 5) is 0. The van der Waals surface area contributed by atoms with Crippen LogP contribution >= 0.6 is 11.3 Å². The normalized spacial score (nSPS) is 13.3. The summed E-state index contributed by atoms with van der Waals surface area (Å²) in [6.45, 7) is 4.75. The Morgan fingerprint density at radius 2 is 0.881 bits per heavy atom. The smallest absolute Gasteiger partial charge is 0.0548 e. The minimum absolute atomic E-state index is 0.0515. The van der Waals surface area contributed by atoms with Gasteiger partial charge in [0.2, 0.25) is 0 Å². The molecule has 12 aromatic carbocycles. The van der Waals surface area contributed by atoms with E-state index in [1.54, 1.807) is 0 Å². The molecule has 312 valence electrons. The molecule has 1 aliphatic rings. The van der Waals surface area contributed by atoms with Gasteiger partial charge in [-0.05, 0) is 142 Å². The highest BCUT2D eigenvalue weighted by molar-refractivity contribution is 7.25. The van der Waals surface area contributed by atoms with Crippen LogP contribution < -0.4 is 0 Å². The first-order valence-corrected chi connectivity index (χ1v) is 24.2. The van der Waals surface area contributed by atoms with Crippen LogP contribution in [0, 0.1) is 0 Å². The highest BCUT2D eigenvalue weighted by Gasteiger charge is 2.36. The summed E-state index contributed by atoms with van der Waals surface area (Å²) in [5.74, 6) is 0. The molecule has 0 N–H and O–H groups in total. The van der Waals surface area contributed by atoms with Gasteiger partial charge in [-0.1, -0.05) is 172 Å². The second-order valence-corrected chi connectivity index (χ2v) is 20.2. The molecule has 0 radical (unpaired) electrons. The number of aromatic nitrogens is 1. The molecule has 0 amide bonds. The molecule has 0 saturated heterocycles. The number of nitrogens with zero attached hydrogens (tertiary/aromatic N) is 1. The molecule has 0 spiro atoms. The van der Waals surface area contributed by atoms with Crippen LogP contribution in [-0.4, -0.2) is 4.57 Å². The van der Waals surface area contributed by atoms with Crippen molar-refractivity contribution in [2.24, 2.45) is 0 Å². The van der Waals surface area contributed by atoms with Gasteiger partial charge >= 0.3 is 0 Å². The summed E-state index contributed by atoms with van der Waals surface area (Å²) >= 11 is 1.89. The summed E-state index contributed by atoms with van der Waals surface area (Å²) in [6, 6.07) is 80.1. The molecular formula is C65H41NS. The first kappa shape index (κ1) is 37.2. The number of para-hydroxylation sites is 1. The Hall–Kier alpha value is -8.04. The Bertz CT molecular complexity index is 4480. The predicted octanol–water partition coefficient (Wildman–Crippen LogP) is 18.6. The minimum atomic E-state index is -0.0515. The van der Waals surface area contributed by atoms with Gasteiger partial charge in [0.25, 0.3) is 0 Å². The third kappa shape index (κ3) is 5.14. The average molecular weight is 868 g/mol. The van der Waals surface area contributed by atoms with Gasteiger partial charge in [0, 0.05) is 47.1 Å². The number of hydrogen-bond acceptors (Lipinski definition) is 1. The largest absolute Gasteiger partial charge is 0.309 e. The standard InChI is InChI=1S/C65H41NS/c1-65(2)55-29-24-41(37-54(55)62-45-16-6-4-13-39(45)23-30-56(62)65)43-26-33-61-53(36-43)52-35-42(25-32-60(52)67-61)40-22-27-49-51(34-40)47-18-8-7-17-46(47)48-28-31-59-64(63(48)49)50-19-9-10-20-58(50)66(59)57-21-11-14-38-12-3-5-15-44(38)57/h3-37H,1-2H3. The maximum atomic E-state index is 2.49. The molecule has 0 fully saturated rings. The summed E-state index contributed by atoms with van der Waals surface area (Å²) < 4.78 is 5.12. The fourth-order valence-corrected chi connectivity index (χ4v) is 13.3. The van der Waals surface area contributed by atoms with E-state index in [0.717, 1.165) is 0 Å². The first-order chi connectivity index (χ1) is 33.0. The number of benzene rings is 12. The van der Waals surface area contributed by atoms with Crippen molar-refractivity contribution in [3.05, 3.63) is 223 Å². The van der Waals surface area contributed by atoms with Gasteiger partial charge < -0.3 is 4.57 Å². The van der Waals surface area contributed by atoms with E-state index in [2.05, 4.69) is 231 Å². The molecule has 0 unspecified atom stereocenters. The molecule has 2 heteroatoms. The van der Waals surface area contributed by atoms with E-state index in [1.807, 2.05) is 11.3 Å². The lowest BCUT2D eigenvalue weighted by Gasteiger charge is -2.21. The maximum Gasteiger partial charge on any atom is 0.0548 e. The van der Waals surface area contributed by atoms with E-state index in [-0.39, 0.29) is 5.41 Å². The van der Waals surface area contributed by atoms with Crippen LogP contribution in [0.25, 0.3) is 135 Å². The molecule has 1 nitrogen and oxygen atoms in total. The van der Waals surface area contributed by atoms with Gasteiger partial charge in [-0.3, -0.25) is 0 Å². The second kappa shape index (κ2) is 13.5. The van der Waals surface area contributed by atoms with Crippen molar-refractivity contribution in [3.8, 4) is 39.1 Å². The Labute approximate surface area is 391 Å². The van der Waals surface area contributed by atoms with Gasteiger partial charge in [-0.25, -0.2) is 0 Å². The molecule has 0 bridgehead atoms. The van der Waals surface area contributed by atoms with Gasteiger partial charge in [0.15, 0.2) is 0 Å². The van der Waals surface area contributed by atoms with Gasteiger partial charge in [0.1, 0.15) is 0 Å². The zero-order valence-electron chi connectivity index (χ0n) is 37.1. The SMILES string of the molecule is CC1(C)c2ccc(-c3ccc4sc5ccc(-c6ccc7c(c6)c6ccccc6c6ccc8c(c9ccccc9n8-c8cccc9ccccc89)c67)cc5c4c3)cc2-c2c1ccc1ccccc21. The second-order valence-electron chi connectivity index (χ2n) is 19.2. The maximum absolute atomic E-state index is 2.49. The lowest BCUT2D eigenvalue weighted by molar-refractivity contribution is 0.661.